The quantitative estimate of drug-likeness (QED) is 0.316. The van der Waals surface area contributed by atoms with Gasteiger partial charge >= 0.3 is 20.8 Å². The molecular weight excluding hydrogens is 376 g/mol. The minimum atomic E-state index is -4.67. The van der Waals surface area contributed by atoms with Crippen molar-refractivity contribution in [2.45, 2.75) is 6.42 Å². The molecule has 8 N–H and O–H groups in total. The molecule has 0 spiro atoms. The summed E-state index contributed by atoms with van der Waals surface area (Å²) in [4.78, 5) is 0. The van der Waals surface area contributed by atoms with E-state index in [1.54, 1.807) is 0 Å². The average Bonchev–Trinajstić information content (AvgIpc) is 2.34. The van der Waals surface area contributed by atoms with Crippen LogP contribution in [0.5, 0.6) is 0 Å². The topological polar surface area (TPSA) is 201 Å². The van der Waals surface area contributed by atoms with E-state index in [-0.39, 0.29) is 0 Å². The molecule has 0 saturated carbocycles. The highest BCUT2D eigenvalue weighted by Crippen LogP contribution is 2.14. The Hall–Kier alpha value is -2.22. The zero-order chi connectivity index (χ0) is 19.7. The molecule has 0 unspecified atom stereocenters. The van der Waals surface area contributed by atoms with Gasteiger partial charge in [-0.25, -0.2) is 0 Å². The Morgan fingerprint density at radius 1 is 0.680 bits per heavy atom. The molecule has 0 radical (unpaired) electrons. The molecule has 0 saturated heterocycles. The van der Waals surface area contributed by atoms with E-state index in [2.05, 4.69) is 12.1 Å². The summed E-state index contributed by atoms with van der Waals surface area (Å²) in [6.07, 6.45) is 0.871. The number of rotatable bonds is 2. The predicted octanol–water partition coefficient (Wildman–Crippen LogP) is 1.14. The fraction of sp³-hybridized carbons (Fsp3) is 0.0769. The Kier molecular flexibility index (Phi) is 9.05. The van der Waals surface area contributed by atoms with E-state index in [1.807, 2.05) is 36.4 Å². The first kappa shape index (κ1) is 22.8. The van der Waals surface area contributed by atoms with Gasteiger partial charge in [-0.2, -0.15) is 16.8 Å². The van der Waals surface area contributed by atoms with Crippen LogP contribution in [0.3, 0.4) is 0 Å². The molecule has 0 heterocycles. The van der Waals surface area contributed by atoms with Gasteiger partial charge in [-0.15, -0.1) is 0 Å². The fourth-order valence-corrected chi connectivity index (χ4v) is 1.64. The summed E-state index contributed by atoms with van der Waals surface area (Å²) in [6, 6.07) is 15.8. The van der Waals surface area contributed by atoms with Crippen LogP contribution in [-0.2, 0) is 27.2 Å². The molecule has 10 nitrogen and oxygen atoms in total. The van der Waals surface area contributed by atoms with Crippen molar-refractivity contribution in [1.29, 1.82) is 0 Å². The highest BCUT2D eigenvalue weighted by atomic mass is 32.3. The number of hydrogen-bond acceptors (Lipinski definition) is 6. The largest absolute Gasteiger partial charge is 0.399 e. The van der Waals surface area contributed by atoms with Gasteiger partial charge in [-0.3, -0.25) is 18.2 Å². The molecule has 0 amide bonds. The summed E-state index contributed by atoms with van der Waals surface area (Å²) in [5.74, 6) is 0. The molecule has 0 fully saturated rings. The summed E-state index contributed by atoms with van der Waals surface area (Å²) in [5.41, 5.74) is 15.5. The van der Waals surface area contributed by atoms with Crippen LogP contribution < -0.4 is 11.5 Å². The lowest BCUT2D eigenvalue weighted by Crippen LogP contribution is -1.92. The molecule has 0 aromatic heterocycles. The first-order valence-corrected chi connectivity index (χ1v) is 9.12. The molecule has 2 aromatic carbocycles. The van der Waals surface area contributed by atoms with Crippen molar-refractivity contribution >= 4 is 32.2 Å². The Morgan fingerprint density at radius 2 is 0.960 bits per heavy atom. The van der Waals surface area contributed by atoms with Crippen LogP contribution >= 0.6 is 0 Å². The van der Waals surface area contributed by atoms with Crippen molar-refractivity contribution in [3.05, 3.63) is 59.7 Å². The van der Waals surface area contributed by atoms with Crippen LogP contribution in [0, 0.1) is 0 Å². The Morgan fingerprint density at radius 3 is 1.20 bits per heavy atom. The van der Waals surface area contributed by atoms with Gasteiger partial charge in [0.05, 0.1) is 0 Å². The molecular formula is C13H18N2O8S2. The summed E-state index contributed by atoms with van der Waals surface area (Å²) in [7, 11) is -9.33. The summed E-state index contributed by atoms with van der Waals surface area (Å²) in [5, 5.41) is 0. The molecule has 25 heavy (non-hydrogen) atoms. The smallest absolute Gasteiger partial charge is 0.394 e. The number of anilines is 2. The average molecular weight is 394 g/mol. The Balaban J connectivity index is 0.000000480. The van der Waals surface area contributed by atoms with E-state index in [9.17, 15) is 0 Å². The number of nitrogen functional groups attached to an aromatic ring is 2. The first-order chi connectivity index (χ1) is 11.2. The van der Waals surface area contributed by atoms with E-state index in [1.165, 1.54) is 11.1 Å². The van der Waals surface area contributed by atoms with E-state index in [0.29, 0.717) is 0 Å². The number of hydrogen-bond donors (Lipinski definition) is 6. The van der Waals surface area contributed by atoms with Crippen molar-refractivity contribution < 1.29 is 35.0 Å². The fourth-order valence-electron chi connectivity index (χ4n) is 1.64. The second kappa shape index (κ2) is 9.93. The van der Waals surface area contributed by atoms with Crippen molar-refractivity contribution in [3.63, 3.8) is 0 Å². The summed E-state index contributed by atoms with van der Waals surface area (Å²) in [6.45, 7) is 0. The lowest BCUT2D eigenvalue weighted by molar-refractivity contribution is 0.378. The molecule has 140 valence electrons. The van der Waals surface area contributed by atoms with Crippen LogP contribution in [0.25, 0.3) is 0 Å². The maximum atomic E-state index is 8.74. The monoisotopic (exact) mass is 394 g/mol. The molecule has 0 aliphatic heterocycles. The standard InChI is InChI=1S/C13H14N2.2H2O4S/c14-12-5-1-3-10(8-12)7-11-4-2-6-13(15)9-11;2*1-5(2,3)4/h1-6,8-9H,7,14-15H2;2*(H2,1,2,3,4). The van der Waals surface area contributed by atoms with E-state index in [0.717, 1.165) is 17.8 Å². The number of nitrogens with two attached hydrogens (primary N) is 2. The first-order valence-electron chi connectivity index (χ1n) is 6.32. The van der Waals surface area contributed by atoms with Crippen LogP contribution in [-0.4, -0.2) is 35.0 Å². The van der Waals surface area contributed by atoms with Gasteiger partial charge in [0.25, 0.3) is 0 Å². The van der Waals surface area contributed by atoms with Gasteiger partial charge in [0.2, 0.25) is 0 Å². The zero-order valence-corrected chi connectivity index (χ0v) is 14.4. The minimum Gasteiger partial charge on any atom is -0.399 e. The highest BCUT2D eigenvalue weighted by Gasteiger charge is 1.97. The van der Waals surface area contributed by atoms with Gasteiger partial charge < -0.3 is 11.5 Å². The van der Waals surface area contributed by atoms with Crippen molar-refractivity contribution in [2.24, 2.45) is 0 Å². The van der Waals surface area contributed by atoms with Gasteiger partial charge in [0, 0.05) is 11.4 Å². The van der Waals surface area contributed by atoms with Gasteiger partial charge in [-0.1, -0.05) is 24.3 Å². The molecule has 0 aliphatic rings. The highest BCUT2D eigenvalue weighted by molar-refractivity contribution is 7.80. The van der Waals surface area contributed by atoms with E-state index >= 15 is 0 Å². The maximum Gasteiger partial charge on any atom is 0.394 e. The normalized spacial score (nSPS) is 10.7. The number of benzene rings is 2. The minimum absolute atomic E-state index is 0.802. The Labute approximate surface area is 145 Å². The molecule has 2 rings (SSSR count). The molecule has 2 aromatic rings. The second-order valence-corrected chi connectivity index (χ2v) is 6.35. The summed E-state index contributed by atoms with van der Waals surface area (Å²) >= 11 is 0. The third-order valence-electron chi connectivity index (χ3n) is 2.31. The van der Waals surface area contributed by atoms with Gasteiger partial charge in [0.15, 0.2) is 0 Å². The molecule has 0 atom stereocenters. The summed E-state index contributed by atoms with van der Waals surface area (Å²) < 4.78 is 63.2. The zero-order valence-electron chi connectivity index (χ0n) is 12.7. The van der Waals surface area contributed by atoms with Gasteiger partial charge in [-0.05, 0) is 41.8 Å². The lowest BCUT2D eigenvalue weighted by atomic mass is 10.0. The van der Waals surface area contributed by atoms with E-state index in [4.69, 9.17) is 46.5 Å². The lowest BCUT2D eigenvalue weighted by Gasteiger charge is -2.03. The predicted molar refractivity (Wildman–Crippen MR) is 92.9 cm³/mol. The maximum absolute atomic E-state index is 8.74. The van der Waals surface area contributed by atoms with Crippen LogP contribution in [0.1, 0.15) is 11.1 Å². The molecule has 0 aliphatic carbocycles. The second-order valence-electron chi connectivity index (χ2n) is 4.56. The van der Waals surface area contributed by atoms with Crippen LogP contribution in [0.2, 0.25) is 0 Å². The van der Waals surface area contributed by atoms with E-state index < -0.39 is 20.8 Å². The van der Waals surface area contributed by atoms with Crippen LogP contribution in [0.4, 0.5) is 11.4 Å². The molecule has 0 bridgehead atoms. The SMILES string of the molecule is Nc1cccc(Cc2cccc(N)c2)c1.O=S(=O)(O)O.O=S(=O)(O)O. The van der Waals surface area contributed by atoms with Crippen LogP contribution in [0.15, 0.2) is 48.5 Å². The van der Waals surface area contributed by atoms with Gasteiger partial charge in [0.1, 0.15) is 0 Å². The third kappa shape index (κ3) is 18.0. The molecule has 12 heteroatoms. The van der Waals surface area contributed by atoms with Crippen molar-refractivity contribution in [2.75, 3.05) is 11.5 Å². The Bertz CT molecular complexity index is 793. The van der Waals surface area contributed by atoms with Crippen molar-refractivity contribution in [3.8, 4) is 0 Å². The third-order valence-corrected chi connectivity index (χ3v) is 2.31. The van der Waals surface area contributed by atoms with Crippen molar-refractivity contribution in [1.82, 2.24) is 0 Å².